The van der Waals surface area contributed by atoms with Gasteiger partial charge in [-0.25, -0.2) is 4.39 Å². The van der Waals surface area contributed by atoms with Gasteiger partial charge in [0.25, 0.3) is 0 Å². The average molecular weight is 400 g/mol. The van der Waals surface area contributed by atoms with Gasteiger partial charge in [0, 0.05) is 29.4 Å². The second kappa shape index (κ2) is 8.02. The Morgan fingerprint density at radius 3 is 2.86 bits per heavy atom. The van der Waals surface area contributed by atoms with Crippen molar-refractivity contribution in [3.05, 3.63) is 69.9 Å². The molecule has 4 rings (SSSR count). The van der Waals surface area contributed by atoms with Crippen molar-refractivity contribution >= 4 is 11.6 Å². The maximum Gasteiger partial charge on any atom is 0.143 e. The first-order valence-electron chi connectivity index (χ1n) is 9.55. The largest absolute Gasteiger partial charge is 0.361 e. The van der Waals surface area contributed by atoms with E-state index in [2.05, 4.69) is 16.1 Å². The number of halogens is 2. The van der Waals surface area contributed by atoms with Gasteiger partial charge in [0.1, 0.15) is 11.6 Å². The lowest BCUT2D eigenvalue weighted by molar-refractivity contribution is 0.311. The summed E-state index contributed by atoms with van der Waals surface area (Å²) in [5.41, 5.74) is 4.52. The van der Waals surface area contributed by atoms with Crippen LogP contribution in [0, 0.1) is 25.6 Å². The standard InChI is InChI=1S/C22H23ClFN3O/c1-14-22(15(2)28-26-14)21-5-3-4-19(25-21)10-16-8-9-27(12-16)13-17-6-7-18(23)11-20(17)24/h3-7,11,16H,8-10,12-13H2,1-2H3/t16-/m0/s1. The molecule has 28 heavy (non-hydrogen) atoms. The molecule has 1 aromatic carbocycles. The molecule has 6 heteroatoms. The van der Waals surface area contributed by atoms with Crippen LogP contribution in [0.4, 0.5) is 4.39 Å². The summed E-state index contributed by atoms with van der Waals surface area (Å²) in [6.07, 6.45) is 2.00. The molecule has 0 bridgehead atoms. The fourth-order valence-corrected chi connectivity index (χ4v) is 4.15. The highest BCUT2D eigenvalue weighted by Gasteiger charge is 2.24. The smallest absolute Gasteiger partial charge is 0.143 e. The van der Waals surface area contributed by atoms with Gasteiger partial charge in [-0.05, 0) is 63.4 Å². The third-order valence-corrected chi connectivity index (χ3v) is 5.61. The summed E-state index contributed by atoms with van der Waals surface area (Å²) in [5.74, 6) is 1.08. The molecular formula is C22H23ClFN3O. The van der Waals surface area contributed by atoms with Crippen molar-refractivity contribution in [2.24, 2.45) is 5.92 Å². The number of aromatic nitrogens is 2. The molecule has 0 aliphatic carbocycles. The third-order valence-electron chi connectivity index (χ3n) is 5.37. The molecule has 2 aromatic heterocycles. The summed E-state index contributed by atoms with van der Waals surface area (Å²) < 4.78 is 19.3. The summed E-state index contributed by atoms with van der Waals surface area (Å²) in [7, 11) is 0. The zero-order valence-electron chi connectivity index (χ0n) is 16.1. The van der Waals surface area contributed by atoms with Gasteiger partial charge in [0.2, 0.25) is 0 Å². The molecule has 1 saturated heterocycles. The van der Waals surface area contributed by atoms with Gasteiger partial charge in [0.05, 0.1) is 17.0 Å². The van der Waals surface area contributed by atoms with E-state index in [9.17, 15) is 4.39 Å². The lowest BCUT2D eigenvalue weighted by Gasteiger charge is -2.16. The fraction of sp³-hybridized carbons (Fsp3) is 0.364. The summed E-state index contributed by atoms with van der Waals surface area (Å²) >= 11 is 5.85. The molecule has 0 radical (unpaired) electrons. The van der Waals surface area contributed by atoms with Gasteiger partial charge in [-0.2, -0.15) is 0 Å². The Kier molecular flexibility index (Phi) is 5.47. The minimum absolute atomic E-state index is 0.232. The van der Waals surface area contributed by atoms with Crippen molar-refractivity contribution in [2.75, 3.05) is 13.1 Å². The van der Waals surface area contributed by atoms with Crippen LogP contribution in [0.5, 0.6) is 0 Å². The molecule has 4 nitrogen and oxygen atoms in total. The molecule has 1 aliphatic rings. The number of nitrogens with zero attached hydrogens (tertiary/aromatic N) is 3. The van der Waals surface area contributed by atoms with Gasteiger partial charge in [-0.1, -0.05) is 28.9 Å². The van der Waals surface area contributed by atoms with Crippen LogP contribution in [0.15, 0.2) is 40.9 Å². The lowest BCUT2D eigenvalue weighted by Crippen LogP contribution is -2.21. The lowest BCUT2D eigenvalue weighted by atomic mass is 10.0. The predicted molar refractivity (Wildman–Crippen MR) is 108 cm³/mol. The highest BCUT2D eigenvalue weighted by atomic mass is 35.5. The van der Waals surface area contributed by atoms with Gasteiger partial charge < -0.3 is 4.52 Å². The highest BCUT2D eigenvalue weighted by molar-refractivity contribution is 6.30. The Morgan fingerprint density at radius 1 is 1.25 bits per heavy atom. The zero-order chi connectivity index (χ0) is 19.7. The number of rotatable bonds is 5. The van der Waals surface area contributed by atoms with Crippen molar-refractivity contribution in [1.82, 2.24) is 15.0 Å². The van der Waals surface area contributed by atoms with Gasteiger partial charge in [-0.3, -0.25) is 9.88 Å². The van der Waals surface area contributed by atoms with Crippen LogP contribution < -0.4 is 0 Å². The van der Waals surface area contributed by atoms with Crippen LogP contribution in [-0.4, -0.2) is 28.1 Å². The highest BCUT2D eigenvalue weighted by Crippen LogP contribution is 2.27. The number of hydrogen-bond acceptors (Lipinski definition) is 4. The number of pyridine rings is 1. The summed E-state index contributed by atoms with van der Waals surface area (Å²) in [5, 5.41) is 4.46. The summed E-state index contributed by atoms with van der Waals surface area (Å²) in [6, 6.07) is 11.0. The zero-order valence-corrected chi connectivity index (χ0v) is 16.8. The Hall–Kier alpha value is -2.24. The average Bonchev–Trinajstić information content (AvgIpc) is 3.23. The van der Waals surface area contributed by atoms with E-state index in [0.29, 0.717) is 23.0 Å². The maximum absolute atomic E-state index is 14.1. The summed E-state index contributed by atoms with van der Waals surface area (Å²) in [6.45, 7) is 6.38. The van der Waals surface area contributed by atoms with E-state index in [-0.39, 0.29) is 5.82 Å². The Bertz CT molecular complexity index is 968. The van der Waals surface area contributed by atoms with E-state index in [1.54, 1.807) is 12.1 Å². The molecule has 0 amide bonds. The molecule has 1 aliphatic heterocycles. The van der Waals surface area contributed by atoms with Crippen molar-refractivity contribution in [3.63, 3.8) is 0 Å². The molecule has 0 unspecified atom stereocenters. The second-order valence-electron chi connectivity index (χ2n) is 7.54. The Labute approximate surface area is 169 Å². The number of hydrogen-bond donors (Lipinski definition) is 0. The Morgan fingerprint density at radius 2 is 2.11 bits per heavy atom. The number of benzene rings is 1. The van der Waals surface area contributed by atoms with E-state index < -0.39 is 0 Å². The van der Waals surface area contributed by atoms with Crippen molar-refractivity contribution in [1.29, 1.82) is 0 Å². The molecule has 0 spiro atoms. The number of likely N-dealkylation sites (tertiary alicyclic amines) is 1. The quantitative estimate of drug-likeness (QED) is 0.590. The molecular weight excluding hydrogens is 377 g/mol. The van der Waals surface area contributed by atoms with Crippen LogP contribution in [0.3, 0.4) is 0 Å². The third kappa shape index (κ3) is 4.10. The first-order chi connectivity index (χ1) is 13.5. The van der Waals surface area contributed by atoms with E-state index in [4.69, 9.17) is 21.1 Å². The normalized spacial score (nSPS) is 17.4. The monoisotopic (exact) mass is 399 g/mol. The number of aryl methyl sites for hydroxylation is 2. The molecule has 3 aromatic rings. The van der Waals surface area contributed by atoms with Crippen LogP contribution in [0.1, 0.15) is 29.1 Å². The van der Waals surface area contributed by atoms with Crippen LogP contribution in [0.2, 0.25) is 5.02 Å². The first-order valence-corrected chi connectivity index (χ1v) is 9.93. The van der Waals surface area contributed by atoms with E-state index in [1.807, 2.05) is 26.0 Å². The van der Waals surface area contributed by atoms with E-state index >= 15 is 0 Å². The Balaban J connectivity index is 1.41. The molecule has 3 heterocycles. The molecule has 0 saturated carbocycles. The van der Waals surface area contributed by atoms with Crippen LogP contribution >= 0.6 is 11.6 Å². The van der Waals surface area contributed by atoms with Gasteiger partial charge in [-0.15, -0.1) is 0 Å². The first kappa shape index (κ1) is 19.1. The van der Waals surface area contributed by atoms with Crippen LogP contribution in [-0.2, 0) is 13.0 Å². The van der Waals surface area contributed by atoms with Gasteiger partial charge >= 0.3 is 0 Å². The molecule has 1 atom stereocenters. The van der Waals surface area contributed by atoms with Crippen molar-refractivity contribution in [3.8, 4) is 11.3 Å². The van der Waals surface area contributed by atoms with Crippen molar-refractivity contribution < 1.29 is 8.91 Å². The predicted octanol–water partition coefficient (Wildman–Crippen LogP) is 5.21. The van der Waals surface area contributed by atoms with Crippen molar-refractivity contribution in [2.45, 2.75) is 33.2 Å². The SMILES string of the molecule is Cc1noc(C)c1-c1cccc(C[C@@H]2CCN(Cc3ccc(Cl)cc3F)C2)n1. The minimum Gasteiger partial charge on any atom is -0.361 e. The van der Waals surface area contributed by atoms with Crippen LogP contribution in [0.25, 0.3) is 11.3 Å². The molecule has 1 fully saturated rings. The van der Waals surface area contributed by atoms with Gasteiger partial charge in [0.15, 0.2) is 0 Å². The van der Waals surface area contributed by atoms with E-state index in [1.165, 1.54) is 6.07 Å². The fourth-order valence-electron chi connectivity index (χ4n) is 3.99. The summed E-state index contributed by atoms with van der Waals surface area (Å²) in [4.78, 5) is 7.14. The van der Waals surface area contributed by atoms with E-state index in [0.717, 1.165) is 54.3 Å². The molecule has 0 N–H and O–H groups in total. The maximum atomic E-state index is 14.1. The molecule has 146 valence electrons. The second-order valence-corrected chi connectivity index (χ2v) is 7.98. The minimum atomic E-state index is -0.232. The topological polar surface area (TPSA) is 42.2 Å².